The van der Waals surface area contributed by atoms with E-state index in [2.05, 4.69) is 30.7 Å². The molecule has 1 aliphatic rings. The van der Waals surface area contributed by atoms with E-state index in [-0.39, 0.29) is 0 Å². The Morgan fingerprint density at radius 1 is 1.50 bits per heavy atom. The highest BCUT2D eigenvalue weighted by molar-refractivity contribution is 5.15. The minimum Gasteiger partial charge on any atom is -0.348 e. The van der Waals surface area contributed by atoms with Crippen LogP contribution in [0.4, 0.5) is 0 Å². The molecular formula is C12H20N2. The number of rotatable bonds is 1. The first-order valence-corrected chi connectivity index (χ1v) is 5.63. The van der Waals surface area contributed by atoms with Gasteiger partial charge in [-0.3, -0.25) is 0 Å². The number of aromatic amines is 1. The normalized spacial score (nSPS) is 27.4. The van der Waals surface area contributed by atoms with Gasteiger partial charge in [0.25, 0.3) is 0 Å². The van der Waals surface area contributed by atoms with Crippen LogP contribution in [0, 0.1) is 11.3 Å². The van der Waals surface area contributed by atoms with E-state index >= 15 is 0 Å². The molecular weight excluding hydrogens is 172 g/mol. The van der Waals surface area contributed by atoms with Crippen LogP contribution in [0.2, 0.25) is 0 Å². The van der Waals surface area contributed by atoms with Crippen molar-refractivity contribution >= 4 is 0 Å². The van der Waals surface area contributed by atoms with Crippen molar-refractivity contribution in [3.05, 3.63) is 17.7 Å². The van der Waals surface area contributed by atoms with E-state index in [9.17, 15) is 0 Å². The van der Waals surface area contributed by atoms with Gasteiger partial charge in [-0.05, 0) is 37.0 Å². The van der Waals surface area contributed by atoms with E-state index in [0.717, 1.165) is 12.3 Å². The first-order chi connectivity index (χ1) is 6.62. The van der Waals surface area contributed by atoms with Crippen molar-refractivity contribution in [3.63, 3.8) is 0 Å². The number of hydrogen-bond acceptors (Lipinski definition) is 1. The molecule has 0 saturated heterocycles. The van der Waals surface area contributed by atoms with Gasteiger partial charge in [-0.25, -0.2) is 4.98 Å². The van der Waals surface area contributed by atoms with E-state index in [1.807, 2.05) is 6.33 Å². The van der Waals surface area contributed by atoms with Crippen LogP contribution in [0.15, 0.2) is 6.33 Å². The Balaban J connectivity index is 2.27. The molecule has 0 aliphatic heterocycles. The van der Waals surface area contributed by atoms with Crippen LogP contribution < -0.4 is 0 Å². The molecule has 1 atom stereocenters. The van der Waals surface area contributed by atoms with Crippen LogP contribution in [-0.4, -0.2) is 9.97 Å². The molecule has 2 heteroatoms. The van der Waals surface area contributed by atoms with E-state index < -0.39 is 0 Å². The molecule has 0 radical (unpaired) electrons. The van der Waals surface area contributed by atoms with Gasteiger partial charge in [0.1, 0.15) is 0 Å². The highest BCUT2D eigenvalue weighted by atomic mass is 14.9. The molecule has 1 aromatic heterocycles. The van der Waals surface area contributed by atoms with Crippen molar-refractivity contribution in [2.45, 2.75) is 46.5 Å². The van der Waals surface area contributed by atoms with Crippen molar-refractivity contribution in [1.82, 2.24) is 9.97 Å². The van der Waals surface area contributed by atoms with Crippen molar-refractivity contribution in [2.75, 3.05) is 0 Å². The van der Waals surface area contributed by atoms with Crippen LogP contribution in [0.25, 0.3) is 0 Å². The van der Waals surface area contributed by atoms with Gasteiger partial charge >= 0.3 is 0 Å². The Morgan fingerprint density at radius 3 is 3.00 bits per heavy atom. The summed E-state index contributed by atoms with van der Waals surface area (Å²) < 4.78 is 0. The number of fused-ring (bicyclic) bond motifs is 1. The lowest BCUT2D eigenvalue weighted by atomic mass is 9.73. The molecule has 2 rings (SSSR count). The summed E-state index contributed by atoms with van der Waals surface area (Å²) in [4.78, 5) is 7.68. The number of nitrogens with one attached hydrogen (secondary N) is 1. The minimum absolute atomic E-state index is 0.456. The summed E-state index contributed by atoms with van der Waals surface area (Å²) in [6.07, 6.45) is 6.78. The van der Waals surface area contributed by atoms with Gasteiger partial charge in [-0.15, -0.1) is 0 Å². The SMILES string of the molecule is CC(C)C1(C)CCCc2nc[nH]c2C1. The summed E-state index contributed by atoms with van der Waals surface area (Å²) in [5.41, 5.74) is 3.13. The van der Waals surface area contributed by atoms with E-state index in [1.165, 1.54) is 30.7 Å². The highest BCUT2D eigenvalue weighted by Crippen LogP contribution is 2.38. The van der Waals surface area contributed by atoms with Gasteiger partial charge in [-0.2, -0.15) is 0 Å². The van der Waals surface area contributed by atoms with Gasteiger partial charge in [0.05, 0.1) is 12.0 Å². The lowest BCUT2D eigenvalue weighted by Crippen LogP contribution is -2.25. The summed E-state index contributed by atoms with van der Waals surface area (Å²) in [5.74, 6) is 0.747. The van der Waals surface area contributed by atoms with Gasteiger partial charge in [0, 0.05) is 5.69 Å². The van der Waals surface area contributed by atoms with Gasteiger partial charge in [0.2, 0.25) is 0 Å². The lowest BCUT2D eigenvalue weighted by Gasteiger charge is -2.32. The van der Waals surface area contributed by atoms with Crippen molar-refractivity contribution in [2.24, 2.45) is 11.3 Å². The number of hydrogen-bond donors (Lipinski definition) is 1. The fourth-order valence-corrected chi connectivity index (χ4v) is 2.36. The molecule has 1 N–H and O–H groups in total. The molecule has 2 nitrogen and oxygen atoms in total. The van der Waals surface area contributed by atoms with Crippen LogP contribution in [-0.2, 0) is 12.8 Å². The molecule has 0 aromatic carbocycles. The van der Waals surface area contributed by atoms with E-state index in [0.29, 0.717) is 5.41 Å². The van der Waals surface area contributed by atoms with Crippen molar-refractivity contribution in [1.29, 1.82) is 0 Å². The minimum atomic E-state index is 0.456. The van der Waals surface area contributed by atoms with Crippen LogP contribution in [0.3, 0.4) is 0 Å². The third-order valence-corrected chi connectivity index (χ3v) is 3.94. The Bertz CT molecular complexity index is 314. The zero-order chi connectivity index (χ0) is 10.2. The molecule has 1 heterocycles. The molecule has 1 aliphatic carbocycles. The predicted molar refractivity (Wildman–Crippen MR) is 58.2 cm³/mol. The summed E-state index contributed by atoms with van der Waals surface area (Å²) in [6.45, 7) is 7.08. The second-order valence-electron chi connectivity index (χ2n) is 5.17. The maximum absolute atomic E-state index is 4.39. The molecule has 14 heavy (non-hydrogen) atoms. The maximum atomic E-state index is 4.39. The average Bonchev–Trinajstić information content (AvgIpc) is 2.46. The topological polar surface area (TPSA) is 28.7 Å². The van der Waals surface area contributed by atoms with Gasteiger partial charge in [-0.1, -0.05) is 20.8 Å². The Morgan fingerprint density at radius 2 is 2.29 bits per heavy atom. The van der Waals surface area contributed by atoms with E-state index in [1.54, 1.807) is 0 Å². The smallest absolute Gasteiger partial charge is 0.0925 e. The Hall–Kier alpha value is -0.790. The third kappa shape index (κ3) is 1.58. The first kappa shape index (κ1) is 9.75. The number of nitrogens with zero attached hydrogens (tertiary/aromatic N) is 1. The van der Waals surface area contributed by atoms with Crippen LogP contribution in [0.5, 0.6) is 0 Å². The number of aryl methyl sites for hydroxylation is 1. The summed E-state index contributed by atoms with van der Waals surface area (Å²) in [7, 11) is 0. The second-order valence-corrected chi connectivity index (χ2v) is 5.17. The van der Waals surface area contributed by atoms with Crippen molar-refractivity contribution in [3.8, 4) is 0 Å². The van der Waals surface area contributed by atoms with Crippen molar-refractivity contribution < 1.29 is 0 Å². The van der Waals surface area contributed by atoms with Crippen LogP contribution >= 0.6 is 0 Å². The highest BCUT2D eigenvalue weighted by Gasteiger charge is 2.31. The lowest BCUT2D eigenvalue weighted by molar-refractivity contribution is 0.196. The van der Waals surface area contributed by atoms with Crippen LogP contribution in [0.1, 0.15) is 45.0 Å². The number of imidazole rings is 1. The molecule has 0 spiro atoms. The average molecular weight is 192 g/mol. The zero-order valence-electron chi connectivity index (χ0n) is 9.43. The molecule has 0 saturated carbocycles. The third-order valence-electron chi connectivity index (χ3n) is 3.94. The fraction of sp³-hybridized carbons (Fsp3) is 0.750. The van der Waals surface area contributed by atoms with E-state index in [4.69, 9.17) is 0 Å². The first-order valence-electron chi connectivity index (χ1n) is 5.63. The molecule has 78 valence electrons. The monoisotopic (exact) mass is 192 g/mol. The quantitative estimate of drug-likeness (QED) is 0.681. The molecule has 0 bridgehead atoms. The maximum Gasteiger partial charge on any atom is 0.0925 e. The summed E-state index contributed by atoms with van der Waals surface area (Å²) in [5, 5.41) is 0. The summed E-state index contributed by atoms with van der Waals surface area (Å²) in [6, 6.07) is 0. The summed E-state index contributed by atoms with van der Waals surface area (Å²) >= 11 is 0. The molecule has 1 unspecified atom stereocenters. The fourth-order valence-electron chi connectivity index (χ4n) is 2.36. The number of aromatic nitrogens is 2. The predicted octanol–water partition coefficient (Wildman–Crippen LogP) is 2.95. The van der Waals surface area contributed by atoms with Gasteiger partial charge < -0.3 is 4.98 Å². The Labute approximate surface area is 86.1 Å². The van der Waals surface area contributed by atoms with Gasteiger partial charge in [0.15, 0.2) is 0 Å². The number of H-pyrrole nitrogens is 1. The Kier molecular flexibility index (Phi) is 2.38. The standard InChI is InChI=1S/C12H20N2/c1-9(2)12(3)6-4-5-10-11(7-12)14-8-13-10/h8-9H,4-7H2,1-3H3,(H,13,14). The largest absolute Gasteiger partial charge is 0.348 e. The second kappa shape index (κ2) is 3.41. The zero-order valence-corrected chi connectivity index (χ0v) is 9.43. The molecule has 0 amide bonds. The molecule has 0 fully saturated rings. The molecule has 1 aromatic rings.